The molecule has 2 aliphatic rings. The molecule has 2 heterocycles. The molecule has 0 atom stereocenters. The molecule has 1 amide bonds. The summed E-state index contributed by atoms with van der Waals surface area (Å²) in [6, 6.07) is 14.1. The summed E-state index contributed by atoms with van der Waals surface area (Å²) >= 11 is 6.53. The summed E-state index contributed by atoms with van der Waals surface area (Å²) in [5.41, 5.74) is 3.37. The summed E-state index contributed by atoms with van der Waals surface area (Å²) in [5, 5.41) is 4.87. The number of carbonyl (C=O) groups is 1. The van der Waals surface area contributed by atoms with Crippen LogP contribution in [0.5, 0.6) is 17.2 Å². The number of amides is 1. The quantitative estimate of drug-likeness (QED) is 0.279. The Morgan fingerprint density at radius 1 is 1.12 bits per heavy atom. The molecular weight excluding hydrogens is 604 g/mol. The van der Waals surface area contributed by atoms with Crippen molar-refractivity contribution in [3.05, 3.63) is 87.6 Å². The molecule has 1 aliphatic carbocycles. The van der Waals surface area contributed by atoms with Crippen molar-refractivity contribution in [2.24, 2.45) is 0 Å². The normalized spacial score (nSPS) is 15.6. The summed E-state index contributed by atoms with van der Waals surface area (Å²) in [6.45, 7) is 2.02. The van der Waals surface area contributed by atoms with E-state index in [1.807, 2.05) is 23.8 Å². The van der Waals surface area contributed by atoms with Crippen LogP contribution in [-0.4, -0.2) is 34.2 Å². The molecule has 1 fully saturated rings. The maximum atomic E-state index is 13.4. The Labute approximate surface area is 247 Å². The zero-order valence-corrected chi connectivity index (χ0v) is 24.9. The Bertz CT molecular complexity index is 1940. The summed E-state index contributed by atoms with van der Waals surface area (Å²) in [6.07, 6.45) is 2.83. The van der Waals surface area contributed by atoms with Gasteiger partial charge in [0.2, 0.25) is 10.0 Å². The number of carbonyl (C=O) groups excluding carboxylic acids is 1. The minimum atomic E-state index is -3.87. The lowest BCUT2D eigenvalue weighted by molar-refractivity contribution is 0.0981. The third-order valence-corrected chi connectivity index (χ3v) is 9.58. The first-order valence-corrected chi connectivity index (χ1v) is 16.9. The average Bonchev–Trinajstić information content (AvgIpc) is 3.69. The van der Waals surface area contributed by atoms with Crippen LogP contribution in [0.3, 0.4) is 0 Å². The molecule has 1 saturated carbocycles. The highest BCUT2D eigenvalue weighted by Crippen LogP contribution is 2.46. The lowest BCUT2D eigenvalue weighted by Gasteiger charge is -2.13. The van der Waals surface area contributed by atoms with Gasteiger partial charge in [0.1, 0.15) is 40.2 Å². The number of halogens is 1. The molecule has 10 nitrogen and oxygen atoms in total. The number of sulfone groups is 1. The van der Waals surface area contributed by atoms with Gasteiger partial charge in [0, 0.05) is 28.7 Å². The van der Waals surface area contributed by atoms with Gasteiger partial charge >= 0.3 is 0 Å². The second-order valence-corrected chi connectivity index (χ2v) is 14.5. The van der Waals surface area contributed by atoms with Crippen LogP contribution in [0, 0.1) is 6.92 Å². The van der Waals surface area contributed by atoms with Gasteiger partial charge < -0.3 is 14.0 Å². The fourth-order valence-electron chi connectivity index (χ4n) is 4.86. The number of benzene rings is 3. The smallest absolute Gasteiger partial charge is 0.264 e. The van der Waals surface area contributed by atoms with E-state index in [4.69, 9.17) is 25.6 Å². The molecule has 1 aromatic heterocycles. The van der Waals surface area contributed by atoms with Gasteiger partial charge in [-0.05, 0) is 55.7 Å². The number of hydrogen-bond donors (Lipinski definition) is 1. The third kappa shape index (κ3) is 5.61. The van der Waals surface area contributed by atoms with E-state index in [1.165, 1.54) is 30.3 Å². The van der Waals surface area contributed by atoms with E-state index < -0.39 is 25.8 Å². The molecule has 218 valence electrons. The number of nitrogens with one attached hydrogen (secondary N) is 1. The summed E-state index contributed by atoms with van der Waals surface area (Å²) in [7, 11) is -7.66. The first-order chi connectivity index (χ1) is 19.9. The maximum Gasteiger partial charge on any atom is 0.264 e. The number of nitrogens with zero attached hydrogens (tertiary/aromatic N) is 1. The molecular formula is C29H25ClN2O8S2. The van der Waals surface area contributed by atoms with Crippen LogP contribution in [0.15, 0.2) is 64.0 Å². The number of rotatable bonds is 7. The van der Waals surface area contributed by atoms with Gasteiger partial charge in [0.15, 0.2) is 9.84 Å². The zero-order valence-electron chi connectivity index (χ0n) is 22.5. The molecule has 13 heteroatoms. The van der Waals surface area contributed by atoms with Crippen molar-refractivity contribution in [1.29, 1.82) is 0 Å². The van der Waals surface area contributed by atoms with Crippen molar-refractivity contribution < 1.29 is 35.6 Å². The maximum absolute atomic E-state index is 13.4. The Morgan fingerprint density at radius 2 is 1.90 bits per heavy atom. The number of ether oxygens (including phenoxy) is 2. The summed E-state index contributed by atoms with van der Waals surface area (Å²) in [5.74, 6) is 0.219. The molecule has 0 bridgehead atoms. The predicted molar refractivity (Wildman–Crippen MR) is 154 cm³/mol. The molecule has 6 rings (SSSR count). The van der Waals surface area contributed by atoms with Gasteiger partial charge in [-0.2, -0.15) is 0 Å². The summed E-state index contributed by atoms with van der Waals surface area (Å²) in [4.78, 5) is 12.3. The van der Waals surface area contributed by atoms with Gasteiger partial charge in [-0.15, -0.1) is 0 Å². The van der Waals surface area contributed by atoms with Crippen LogP contribution in [0.1, 0.15) is 51.6 Å². The Morgan fingerprint density at radius 3 is 2.62 bits per heavy atom. The van der Waals surface area contributed by atoms with E-state index in [1.54, 1.807) is 12.1 Å². The number of aromatic nitrogens is 1. The van der Waals surface area contributed by atoms with Gasteiger partial charge in [-0.1, -0.05) is 35.0 Å². The highest BCUT2D eigenvalue weighted by Gasteiger charge is 2.34. The van der Waals surface area contributed by atoms with E-state index in [0.717, 1.165) is 41.5 Å². The van der Waals surface area contributed by atoms with Crippen molar-refractivity contribution in [2.45, 2.75) is 42.9 Å². The fourth-order valence-corrected chi connectivity index (χ4v) is 7.14. The third-order valence-electron chi connectivity index (χ3n) is 7.03. The predicted octanol–water partition coefficient (Wildman–Crippen LogP) is 5.53. The molecule has 0 unspecified atom stereocenters. The van der Waals surface area contributed by atoms with Gasteiger partial charge in [0.25, 0.3) is 5.91 Å². The Hall–Kier alpha value is -3.87. The molecule has 0 spiro atoms. The molecule has 0 saturated heterocycles. The number of hydrogen-bond acceptors (Lipinski definition) is 9. The topological polar surface area (TPSA) is 142 Å². The van der Waals surface area contributed by atoms with Gasteiger partial charge in [0.05, 0.1) is 22.6 Å². The molecule has 3 aromatic carbocycles. The van der Waals surface area contributed by atoms with Crippen LogP contribution in [0.2, 0.25) is 5.02 Å². The zero-order chi connectivity index (χ0) is 29.8. The van der Waals surface area contributed by atoms with E-state index in [9.17, 15) is 21.6 Å². The standard InChI is InChI=1S/C29H25ClN2O8S2/c1-16-4-3-5-22(30)26(16)27-21(28(40-31-27)17-6-7-17)14-38-20-10-11-23-25(13-20)42(36,37)15-19-9-8-18(12-24(19)39-23)29(33)32-41(2,34)35/h3-5,8-13,17H,6-7,14-15H2,1-2H3,(H,32,33). The van der Waals surface area contributed by atoms with E-state index in [-0.39, 0.29) is 40.2 Å². The van der Waals surface area contributed by atoms with Crippen LogP contribution in [-0.2, 0) is 32.2 Å². The van der Waals surface area contributed by atoms with Crippen LogP contribution < -0.4 is 14.2 Å². The van der Waals surface area contributed by atoms with Crippen molar-refractivity contribution in [2.75, 3.05) is 6.26 Å². The Balaban J connectivity index is 1.30. The second-order valence-electron chi connectivity index (χ2n) is 10.4. The van der Waals surface area contributed by atoms with Gasteiger partial charge in [-0.25, -0.2) is 21.6 Å². The number of fused-ring (bicyclic) bond motifs is 2. The van der Waals surface area contributed by atoms with E-state index in [2.05, 4.69) is 5.16 Å². The minimum Gasteiger partial charge on any atom is -0.489 e. The number of sulfonamides is 1. The van der Waals surface area contributed by atoms with Crippen LogP contribution in [0.25, 0.3) is 11.3 Å². The lowest BCUT2D eigenvalue weighted by Crippen LogP contribution is -2.29. The first-order valence-electron chi connectivity index (χ1n) is 13.0. The molecule has 42 heavy (non-hydrogen) atoms. The van der Waals surface area contributed by atoms with Crippen molar-refractivity contribution in [3.63, 3.8) is 0 Å². The van der Waals surface area contributed by atoms with Crippen molar-refractivity contribution in [3.8, 4) is 28.5 Å². The molecule has 4 aromatic rings. The van der Waals surface area contributed by atoms with Crippen LogP contribution in [0.4, 0.5) is 0 Å². The Kier molecular flexibility index (Phi) is 7.03. The van der Waals surface area contributed by atoms with E-state index >= 15 is 0 Å². The highest BCUT2D eigenvalue weighted by atomic mass is 35.5. The van der Waals surface area contributed by atoms with Crippen molar-refractivity contribution >= 4 is 37.4 Å². The van der Waals surface area contributed by atoms with Gasteiger partial charge in [-0.3, -0.25) is 4.79 Å². The first kappa shape index (κ1) is 28.3. The average molecular weight is 629 g/mol. The van der Waals surface area contributed by atoms with E-state index in [0.29, 0.717) is 22.0 Å². The largest absolute Gasteiger partial charge is 0.489 e. The minimum absolute atomic E-state index is 0.00438. The molecule has 1 aliphatic heterocycles. The summed E-state index contributed by atoms with van der Waals surface area (Å²) < 4.78 is 69.4. The molecule has 0 radical (unpaired) electrons. The van der Waals surface area contributed by atoms with Crippen LogP contribution >= 0.6 is 11.6 Å². The number of aryl methyl sites for hydroxylation is 1. The second kappa shape index (κ2) is 10.4. The van der Waals surface area contributed by atoms with Crippen molar-refractivity contribution in [1.82, 2.24) is 9.88 Å². The molecule has 1 N–H and O–H groups in total. The monoisotopic (exact) mass is 628 g/mol. The SMILES string of the molecule is Cc1cccc(Cl)c1-c1noc(C2CC2)c1COc1ccc2c(c1)S(=O)(=O)Cc1ccc(C(=O)NS(C)(=O)=O)cc1O2. The highest BCUT2D eigenvalue weighted by molar-refractivity contribution is 7.90. The lowest BCUT2D eigenvalue weighted by atomic mass is 10.0. The fraction of sp³-hybridized carbons (Fsp3) is 0.241.